The van der Waals surface area contributed by atoms with Crippen LogP contribution < -0.4 is 21.3 Å². The fourth-order valence-electron chi connectivity index (χ4n) is 4.31. The van der Waals surface area contributed by atoms with E-state index < -0.39 is 0 Å². The number of pyridine rings is 1. The van der Waals surface area contributed by atoms with Gasteiger partial charge in [-0.25, -0.2) is 4.98 Å². The normalized spacial score (nSPS) is 16.2. The Hall–Kier alpha value is -3.10. The van der Waals surface area contributed by atoms with Gasteiger partial charge < -0.3 is 21.3 Å². The smallest absolute Gasteiger partial charge is 0.220 e. The first-order chi connectivity index (χ1) is 15.3. The number of nitrogens with zero attached hydrogens (tertiary/aromatic N) is 5. The number of aliphatic imine (C=N–C) groups is 1. The van der Waals surface area contributed by atoms with Crippen LogP contribution in [-0.2, 0) is 24.8 Å². The molecule has 1 fully saturated rings. The van der Waals surface area contributed by atoms with Crippen molar-refractivity contribution in [3.63, 3.8) is 0 Å². The third-order valence-electron chi connectivity index (χ3n) is 6.29. The van der Waals surface area contributed by atoms with Gasteiger partial charge in [0.05, 0.1) is 5.69 Å². The molecule has 0 saturated carbocycles. The van der Waals surface area contributed by atoms with Gasteiger partial charge in [0, 0.05) is 63.1 Å². The molecule has 0 aliphatic carbocycles. The van der Waals surface area contributed by atoms with E-state index in [0.29, 0.717) is 6.54 Å². The number of rotatable bonds is 7. The van der Waals surface area contributed by atoms with Crippen LogP contribution in [0.2, 0.25) is 0 Å². The van der Waals surface area contributed by atoms with Crippen molar-refractivity contribution in [3.05, 3.63) is 40.8 Å². The number of amides is 1. The molecule has 0 radical (unpaired) electrons. The van der Waals surface area contributed by atoms with Gasteiger partial charge in [-0.15, -0.1) is 0 Å². The van der Waals surface area contributed by atoms with Crippen molar-refractivity contribution < 1.29 is 4.79 Å². The molecule has 3 rings (SSSR count). The van der Waals surface area contributed by atoms with Crippen molar-refractivity contribution in [1.29, 1.82) is 0 Å². The number of carbonyl (C=O) groups excluding carboxylic acids is 1. The quantitative estimate of drug-likeness (QED) is 0.443. The minimum absolute atomic E-state index is 0.0341. The number of nitrogens with one attached hydrogen (secondary N) is 2. The van der Waals surface area contributed by atoms with Gasteiger partial charge in [-0.05, 0) is 51.7 Å². The molecule has 174 valence electrons. The molecule has 9 heteroatoms. The van der Waals surface area contributed by atoms with Gasteiger partial charge in [-0.3, -0.25) is 14.5 Å². The molecule has 0 bridgehead atoms. The van der Waals surface area contributed by atoms with Gasteiger partial charge >= 0.3 is 0 Å². The molecule has 0 aromatic carbocycles. The Morgan fingerprint density at radius 1 is 1.34 bits per heavy atom. The van der Waals surface area contributed by atoms with Crippen molar-refractivity contribution in [3.8, 4) is 0 Å². The van der Waals surface area contributed by atoms with Gasteiger partial charge in [0.25, 0.3) is 0 Å². The molecule has 9 nitrogen and oxygen atoms in total. The Kier molecular flexibility index (Phi) is 7.71. The Balaban J connectivity index is 1.59. The second-order valence-corrected chi connectivity index (χ2v) is 8.60. The van der Waals surface area contributed by atoms with E-state index in [1.807, 2.05) is 24.0 Å². The summed E-state index contributed by atoms with van der Waals surface area (Å²) >= 11 is 0. The molecule has 2 aromatic heterocycles. The first kappa shape index (κ1) is 23.6. The molecule has 2 aromatic rings. The number of piperidine rings is 1. The highest BCUT2D eigenvalue weighted by Gasteiger charge is 2.25. The van der Waals surface area contributed by atoms with E-state index in [0.717, 1.165) is 55.4 Å². The predicted octanol–water partition coefficient (Wildman–Crippen LogP) is 1.43. The number of nitrogens with two attached hydrogens (primary N) is 1. The summed E-state index contributed by atoms with van der Waals surface area (Å²) < 4.78 is 1.93. The van der Waals surface area contributed by atoms with Gasteiger partial charge in [0.15, 0.2) is 5.96 Å². The van der Waals surface area contributed by atoms with Crippen LogP contribution in [0.4, 0.5) is 5.82 Å². The van der Waals surface area contributed by atoms with E-state index in [1.54, 1.807) is 7.05 Å². The molecular formula is C23H36N8O. The molecule has 1 aliphatic rings. The zero-order valence-electron chi connectivity index (χ0n) is 19.9. The maximum atomic E-state index is 11.5. The molecule has 32 heavy (non-hydrogen) atoms. The van der Waals surface area contributed by atoms with Crippen molar-refractivity contribution in [2.24, 2.45) is 23.7 Å². The predicted molar refractivity (Wildman–Crippen MR) is 128 cm³/mol. The van der Waals surface area contributed by atoms with Crippen LogP contribution in [0.5, 0.6) is 0 Å². The molecule has 4 N–H and O–H groups in total. The monoisotopic (exact) mass is 440 g/mol. The Bertz CT molecular complexity index is 959. The van der Waals surface area contributed by atoms with E-state index in [1.165, 1.54) is 11.3 Å². The van der Waals surface area contributed by atoms with Crippen molar-refractivity contribution in [2.45, 2.75) is 52.6 Å². The average molecular weight is 441 g/mol. The Labute approximate surface area is 190 Å². The number of anilines is 1. The number of aromatic nitrogens is 3. The highest BCUT2D eigenvalue weighted by Crippen LogP contribution is 2.24. The summed E-state index contributed by atoms with van der Waals surface area (Å²) in [5, 5.41) is 11.4. The molecule has 1 unspecified atom stereocenters. The third kappa shape index (κ3) is 5.57. The summed E-state index contributed by atoms with van der Waals surface area (Å²) in [5.41, 5.74) is 10.1. The summed E-state index contributed by atoms with van der Waals surface area (Å²) in [6.45, 7) is 8.48. The SMILES string of the molecule is CN=C(NCc1cccnc1N1CCC(C(N)=O)CC1)NC(C)Cc1c(C)nn(C)c1C. The number of carbonyl (C=O) groups is 1. The lowest BCUT2D eigenvalue weighted by Gasteiger charge is -2.32. The second-order valence-electron chi connectivity index (χ2n) is 8.60. The van der Waals surface area contributed by atoms with Crippen LogP contribution in [0.1, 0.15) is 42.3 Å². The number of primary amides is 1. The van der Waals surface area contributed by atoms with Crippen LogP contribution in [0.3, 0.4) is 0 Å². The first-order valence-corrected chi connectivity index (χ1v) is 11.2. The second kappa shape index (κ2) is 10.5. The van der Waals surface area contributed by atoms with Gasteiger partial charge in [0.2, 0.25) is 5.91 Å². The van der Waals surface area contributed by atoms with Crippen LogP contribution in [0.15, 0.2) is 23.3 Å². The lowest BCUT2D eigenvalue weighted by atomic mass is 9.96. The highest BCUT2D eigenvalue weighted by molar-refractivity contribution is 5.80. The van der Waals surface area contributed by atoms with Crippen molar-refractivity contribution >= 4 is 17.7 Å². The van der Waals surface area contributed by atoms with Crippen LogP contribution in [0.25, 0.3) is 0 Å². The maximum Gasteiger partial charge on any atom is 0.220 e. The maximum absolute atomic E-state index is 11.5. The molecule has 1 amide bonds. The van der Waals surface area contributed by atoms with E-state index in [2.05, 4.69) is 57.4 Å². The Morgan fingerprint density at radius 2 is 2.06 bits per heavy atom. The number of hydrogen-bond donors (Lipinski definition) is 3. The average Bonchev–Trinajstić information content (AvgIpc) is 3.02. The van der Waals surface area contributed by atoms with Crippen molar-refractivity contribution in [1.82, 2.24) is 25.4 Å². The molecular weight excluding hydrogens is 404 g/mol. The summed E-state index contributed by atoms with van der Waals surface area (Å²) in [5.74, 6) is 1.47. The minimum Gasteiger partial charge on any atom is -0.369 e. The van der Waals surface area contributed by atoms with E-state index >= 15 is 0 Å². The summed E-state index contributed by atoms with van der Waals surface area (Å²) in [7, 11) is 3.76. The number of guanidine groups is 1. The third-order valence-corrected chi connectivity index (χ3v) is 6.29. The molecule has 1 saturated heterocycles. The zero-order chi connectivity index (χ0) is 23.3. The molecule has 1 atom stereocenters. The largest absolute Gasteiger partial charge is 0.369 e. The molecule has 0 spiro atoms. The fourth-order valence-corrected chi connectivity index (χ4v) is 4.31. The summed E-state index contributed by atoms with van der Waals surface area (Å²) in [4.78, 5) is 22.7. The number of hydrogen-bond acceptors (Lipinski definition) is 5. The first-order valence-electron chi connectivity index (χ1n) is 11.2. The standard InChI is InChI=1S/C23H36N8O/c1-15(13-20-16(2)29-30(5)17(20)3)28-23(25-4)27-14-19-7-6-10-26-22(19)31-11-8-18(9-12-31)21(24)32/h6-7,10,15,18H,8-9,11-14H2,1-5H3,(H2,24,32)(H2,25,27,28). The van der Waals surface area contributed by atoms with Crippen LogP contribution in [-0.4, -0.2) is 52.8 Å². The summed E-state index contributed by atoms with van der Waals surface area (Å²) in [6, 6.07) is 4.22. The van der Waals surface area contributed by atoms with Crippen molar-refractivity contribution in [2.75, 3.05) is 25.0 Å². The van der Waals surface area contributed by atoms with Gasteiger partial charge in [-0.1, -0.05) is 6.07 Å². The minimum atomic E-state index is -0.201. The van der Waals surface area contributed by atoms with Gasteiger partial charge in [0.1, 0.15) is 5.82 Å². The lowest BCUT2D eigenvalue weighted by molar-refractivity contribution is -0.122. The van der Waals surface area contributed by atoms with E-state index in [-0.39, 0.29) is 17.9 Å². The van der Waals surface area contributed by atoms with Gasteiger partial charge in [-0.2, -0.15) is 5.10 Å². The van der Waals surface area contributed by atoms with Crippen LogP contribution in [0, 0.1) is 19.8 Å². The van der Waals surface area contributed by atoms with E-state index in [4.69, 9.17) is 5.73 Å². The van der Waals surface area contributed by atoms with E-state index in [9.17, 15) is 4.79 Å². The lowest BCUT2D eigenvalue weighted by Crippen LogP contribution is -2.43. The molecule has 3 heterocycles. The highest BCUT2D eigenvalue weighted by atomic mass is 16.1. The fraction of sp³-hybridized carbons (Fsp3) is 0.565. The topological polar surface area (TPSA) is 113 Å². The van der Waals surface area contributed by atoms with Crippen LogP contribution >= 0.6 is 0 Å². The Morgan fingerprint density at radius 3 is 2.66 bits per heavy atom. The molecule has 1 aliphatic heterocycles. The summed E-state index contributed by atoms with van der Waals surface area (Å²) in [6.07, 6.45) is 4.23. The zero-order valence-corrected chi connectivity index (χ0v) is 19.9. The number of aryl methyl sites for hydroxylation is 2.